The summed E-state index contributed by atoms with van der Waals surface area (Å²) in [6, 6.07) is 14.8. The van der Waals surface area contributed by atoms with Crippen LogP contribution >= 0.6 is 0 Å². The summed E-state index contributed by atoms with van der Waals surface area (Å²) >= 11 is 0. The Morgan fingerprint density at radius 3 is 2.09 bits per heavy atom. The van der Waals surface area contributed by atoms with E-state index in [0.29, 0.717) is 24.0 Å². The van der Waals surface area contributed by atoms with Crippen molar-refractivity contribution in [3.05, 3.63) is 82.9 Å². The number of fused-ring (bicyclic) bond motifs is 5. The molecule has 3 aliphatic carbocycles. The lowest BCUT2D eigenvalue weighted by Gasteiger charge is -2.67. The molecule has 2 aromatic rings. The number of Topliss-reactive ketones (excluding diaryl/α,β-unsaturated/α-hetero) is 1. The van der Waals surface area contributed by atoms with E-state index in [1.165, 1.54) is 33.3 Å². The van der Waals surface area contributed by atoms with Gasteiger partial charge in [-0.05, 0) is 76.3 Å². The molecule has 1 amide bonds. The number of ketones is 1. The van der Waals surface area contributed by atoms with Gasteiger partial charge in [-0.1, -0.05) is 89.1 Å². The molecule has 2 N–H and O–H groups in total. The van der Waals surface area contributed by atoms with E-state index < -0.39 is 130 Å². The number of carbonyl (C=O) groups excluding carboxylic acids is 6. The van der Waals surface area contributed by atoms with E-state index in [4.69, 9.17) is 52.1 Å². The van der Waals surface area contributed by atoms with Crippen LogP contribution in [0, 0.1) is 16.7 Å². The summed E-state index contributed by atoms with van der Waals surface area (Å²) in [6.07, 6.45) is -6.96. The van der Waals surface area contributed by atoms with Crippen molar-refractivity contribution < 1.29 is 86.0 Å². The first kappa shape index (κ1) is 59.2. The zero-order valence-electron chi connectivity index (χ0n) is 46.6. The molecule has 2 bridgehead atoms. The topological polar surface area (TPSA) is 236 Å². The van der Waals surface area contributed by atoms with Crippen LogP contribution in [0.4, 0.5) is 9.59 Å². The van der Waals surface area contributed by atoms with Crippen molar-refractivity contribution in [1.82, 2.24) is 5.32 Å². The van der Waals surface area contributed by atoms with Gasteiger partial charge >= 0.3 is 30.2 Å². The Bertz CT molecular complexity index is 2480. The first-order valence-electron chi connectivity index (χ1n) is 26.9. The third kappa shape index (κ3) is 11.7. The highest BCUT2D eigenvalue weighted by atomic mass is 16.8. The number of amides is 1. The molecule has 2 saturated carbocycles. The Hall–Kier alpha value is -5.44. The van der Waals surface area contributed by atoms with Crippen molar-refractivity contribution in [2.45, 2.75) is 192 Å². The van der Waals surface area contributed by atoms with Gasteiger partial charge in [-0.2, -0.15) is 0 Å². The standard InChI is InChI=1S/C58H79NO18/c1-13-15-27-56(28-16-14-2)71-32-38(76-56)31-69-52(65)73-45(43(36-23-19-17-20-24-36)59-51(64)77-53(5,6)7)50(63)72-39-30-58(66)48(74-49(62)37-25-21-18-22-26-37)46-55(10,47(61)44(68-12)42(34(39)3)54(58,8)9)40(67-11)29-41-57(46,33-70-41)75-35(4)60/h17-26,38-41,43-46,48,66H,13-16,27-33H2,1-12H3,(H,59,64)/t38?,39-,40-,41+,43-,44+,45+,46-,48-,55+,57-,58+/m0/s1. The molecule has 2 aliphatic heterocycles. The average molecular weight is 1080 g/mol. The molecule has 2 aromatic carbocycles. The van der Waals surface area contributed by atoms with Crippen molar-refractivity contribution >= 4 is 35.9 Å². The minimum atomic E-state index is -2.32. The van der Waals surface area contributed by atoms with E-state index in [2.05, 4.69) is 19.2 Å². The van der Waals surface area contributed by atoms with Gasteiger partial charge in [0.15, 0.2) is 17.2 Å². The number of nitrogens with one attached hydrogen (secondary N) is 1. The summed E-state index contributed by atoms with van der Waals surface area (Å²) in [5.41, 5.74) is -7.34. The van der Waals surface area contributed by atoms with Crippen molar-refractivity contribution in [2.75, 3.05) is 34.0 Å². The van der Waals surface area contributed by atoms with Crippen molar-refractivity contribution in [3.63, 3.8) is 0 Å². The van der Waals surface area contributed by atoms with Crippen molar-refractivity contribution in [3.8, 4) is 0 Å². The lowest BCUT2D eigenvalue weighted by atomic mass is 9.44. The molecule has 19 nitrogen and oxygen atoms in total. The van der Waals surface area contributed by atoms with Gasteiger partial charge in [0.25, 0.3) is 0 Å². The fourth-order valence-corrected chi connectivity index (χ4v) is 12.4. The lowest BCUT2D eigenvalue weighted by molar-refractivity contribution is -0.347. The summed E-state index contributed by atoms with van der Waals surface area (Å²) in [4.78, 5) is 87.0. The van der Waals surface area contributed by atoms with Crippen LogP contribution in [0.2, 0.25) is 0 Å². The van der Waals surface area contributed by atoms with Crippen LogP contribution in [0.3, 0.4) is 0 Å². The third-order valence-electron chi connectivity index (χ3n) is 16.4. The van der Waals surface area contributed by atoms with Crippen LogP contribution in [-0.4, -0.2) is 140 Å². The average Bonchev–Trinajstić information content (AvgIpc) is 3.85. The Labute approximate surface area is 451 Å². The SMILES string of the molecule is CCCCC1(CCCC)OCC(COC(=O)O[C@@H](C(=O)O[C@H]2C[C@@]3(O)[C@@H](OC(=O)c4ccccc4)[C@@H]4[C@]5(OC(C)=O)CO[C@@H]5C[C@H](OC)[C@@]4(C)C(=O)[C@H](OC)C(=C2C)C3(C)C)[C@@H](NC(=O)OC(C)(C)C)c2ccccc2)O1. The van der Waals surface area contributed by atoms with Crippen LogP contribution in [0.15, 0.2) is 71.8 Å². The number of methoxy groups -OCH3 is 2. The summed E-state index contributed by atoms with van der Waals surface area (Å²) in [7, 11) is 2.77. The molecule has 2 saturated heterocycles. The van der Waals surface area contributed by atoms with Gasteiger partial charge in [-0.15, -0.1) is 0 Å². The molecule has 5 aliphatic rings. The minimum absolute atomic E-state index is 0.0856. The lowest BCUT2D eigenvalue weighted by Crippen LogP contribution is -2.82. The molecule has 19 heteroatoms. The molecule has 7 rings (SSSR count). The van der Waals surface area contributed by atoms with Gasteiger partial charge in [0.1, 0.15) is 54.4 Å². The van der Waals surface area contributed by atoms with E-state index in [1.807, 2.05) is 0 Å². The quantitative estimate of drug-likeness (QED) is 0.0765. The molecule has 424 valence electrons. The second kappa shape index (κ2) is 23.5. The van der Waals surface area contributed by atoms with Gasteiger partial charge in [-0.25, -0.2) is 19.2 Å². The molecule has 0 aromatic heterocycles. The molecule has 12 atom stereocenters. The van der Waals surface area contributed by atoms with Crippen LogP contribution < -0.4 is 5.32 Å². The number of esters is 3. The predicted molar refractivity (Wildman–Crippen MR) is 276 cm³/mol. The van der Waals surface area contributed by atoms with Crippen molar-refractivity contribution in [1.29, 1.82) is 0 Å². The highest BCUT2D eigenvalue weighted by molar-refractivity contribution is 5.94. The van der Waals surface area contributed by atoms with Gasteiger partial charge in [0, 0.05) is 52.2 Å². The van der Waals surface area contributed by atoms with E-state index in [0.717, 1.165) is 25.7 Å². The summed E-state index contributed by atoms with van der Waals surface area (Å²) in [6.45, 7) is 16.6. The number of hydrogen-bond acceptors (Lipinski definition) is 18. The van der Waals surface area contributed by atoms with Crippen LogP contribution in [0.5, 0.6) is 0 Å². The fraction of sp³-hybridized carbons (Fsp3) is 0.655. The zero-order chi connectivity index (χ0) is 56.3. The monoisotopic (exact) mass is 1080 g/mol. The minimum Gasteiger partial charge on any atom is -0.455 e. The van der Waals surface area contributed by atoms with Crippen LogP contribution in [0.1, 0.15) is 143 Å². The molecule has 0 radical (unpaired) electrons. The predicted octanol–water partition coefficient (Wildman–Crippen LogP) is 8.22. The largest absolute Gasteiger partial charge is 0.509 e. The number of alkyl carbamates (subject to hydrolysis) is 1. The first-order valence-corrected chi connectivity index (χ1v) is 26.9. The molecule has 2 heterocycles. The maximum Gasteiger partial charge on any atom is 0.509 e. The molecular formula is C58H79NO18. The highest BCUT2D eigenvalue weighted by Crippen LogP contribution is 2.65. The second-order valence-corrected chi connectivity index (χ2v) is 22.8. The third-order valence-corrected chi connectivity index (χ3v) is 16.4. The number of unbranched alkanes of at least 4 members (excludes halogenated alkanes) is 2. The van der Waals surface area contributed by atoms with Crippen LogP contribution in [-0.2, 0) is 66.5 Å². The number of benzene rings is 2. The van der Waals surface area contributed by atoms with Gasteiger partial charge in [0.2, 0.25) is 6.10 Å². The molecule has 1 unspecified atom stereocenters. The number of carbonyl (C=O) groups is 6. The fourth-order valence-electron chi connectivity index (χ4n) is 12.4. The van der Waals surface area contributed by atoms with Gasteiger partial charge in [-0.3, -0.25) is 9.59 Å². The maximum absolute atomic E-state index is 15.9. The van der Waals surface area contributed by atoms with E-state index in [-0.39, 0.29) is 37.4 Å². The van der Waals surface area contributed by atoms with Gasteiger partial charge < -0.3 is 62.5 Å². The Morgan fingerprint density at radius 1 is 0.896 bits per heavy atom. The maximum atomic E-state index is 15.9. The summed E-state index contributed by atoms with van der Waals surface area (Å²) in [5.74, 6) is -5.56. The number of hydrogen-bond donors (Lipinski definition) is 2. The molecule has 77 heavy (non-hydrogen) atoms. The zero-order valence-corrected chi connectivity index (χ0v) is 46.6. The Balaban J connectivity index is 1.33. The molecule has 4 fully saturated rings. The number of aliphatic hydroxyl groups is 1. The Morgan fingerprint density at radius 2 is 1.53 bits per heavy atom. The first-order chi connectivity index (χ1) is 36.3. The number of ether oxygens (including phenoxy) is 11. The van der Waals surface area contributed by atoms with Crippen molar-refractivity contribution in [2.24, 2.45) is 16.7 Å². The van der Waals surface area contributed by atoms with E-state index in [9.17, 15) is 24.3 Å². The second-order valence-electron chi connectivity index (χ2n) is 22.8. The van der Waals surface area contributed by atoms with Crippen LogP contribution in [0.25, 0.3) is 0 Å². The normalized spacial score (nSPS) is 30.9. The van der Waals surface area contributed by atoms with E-state index in [1.54, 1.807) is 97.0 Å². The summed E-state index contributed by atoms with van der Waals surface area (Å²) < 4.78 is 67.6. The highest BCUT2D eigenvalue weighted by Gasteiger charge is 2.78. The molecular weight excluding hydrogens is 999 g/mol. The molecule has 0 spiro atoms. The van der Waals surface area contributed by atoms with Gasteiger partial charge in [0.05, 0.1) is 36.2 Å². The van der Waals surface area contributed by atoms with E-state index >= 15 is 9.59 Å². The smallest absolute Gasteiger partial charge is 0.455 e. The Kier molecular flexibility index (Phi) is 18.1. The summed E-state index contributed by atoms with van der Waals surface area (Å²) in [5, 5.41) is 16.8. The number of rotatable bonds is 19.